The summed E-state index contributed by atoms with van der Waals surface area (Å²) in [6.45, 7) is 7.43. The van der Waals surface area contributed by atoms with Crippen molar-refractivity contribution in [1.29, 1.82) is 0 Å². The monoisotopic (exact) mass is 446 g/mol. The molecule has 0 bridgehead atoms. The van der Waals surface area contributed by atoms with Crippen molar-refractivity contribution in [2.75, 3.05) is 23.3 Å². The molecule has 0 unspecified atom stereocenters. The van der Waals surface area contributed by atoms with Crippen LogP contribution in [0, 0.1) is 5.92 Å². The predicted molar refractivity (Wildman–Crippen MR) is 114 cm³/mol. The van der Waals surface area contributed by atoms with E-state index in [1.54, 1.807) is 6.07 Å². The van der Waals surface area contributed by atoms with E-state index in [2.05, 4.69) is 41.4 Å². The number of halogens is 3. The van der Waals surface area contributed by atoms with E-state index in [9.17, 15) is 18.0 Å². The first-order valence-electron chi connectivity index (χ1n) is 10.5. The zero-order valence-electron chi connectivity index (χ0n) is 18.1. The molecule has 0 saturated carbocycles. The fourth-order valence-electron chi connectivity index (χ4n) is 3.79. The molecule has 32 heavy (non-hydrogen) atoms. The Labute approximate surface area is 183 Å². The van der Waals surface area contributed by atoms with Crippen LogP contribution in [0.1, 0.15) is 45.0 Å². The number of carbonyl (C=O) groups excluding carboxylic acids is 1. The van der Waals surface area contributed by atoms with Crippen LogP contribution in [0.2, 0.25) is 0 Å². The minimum atomic E-state index is -4.64. The molecule has 0 radical (unpaired) electrons. The van der Waals surface area contributed by atoms with E-state index in [-0.39, 0.29) is 22.9 Å². The number of hydrogen-bond donors (Lipinski definition) is 1. The highest BCUT2D eigenvalue weighted by Crippen LogP contribution is 2.29. The number of alkyl halides is 3. The van der Waals surface area contributed by atoms with Gasteiger partial charge in [-0.25, -0.2) is 0 Å². The molecule has 0 atom stereocenters. The third-order valence-electron chi connectivity index (χ3n) is 5.71. The molecule has 7 nitrogen and oxygen atoms in total. The molecular weight excluding hydrogens is 421 g/mol. The fraction of sp³-hybridized carbons (Fsp3) is 0.455. The Morgan fingerprint density at radius 3 is 2.25 bits per heavy atom. The van der Waals surface area contributed by atoms with Gasteiger partial charge in [-0.2, -0.15) is 17.7 Å². The minimum Gasteiger partial charge on any atom is -0.355 e. The lowest BCUT2D eigenvalue weighted by Gasteiger charge is -2.32. The van der Waals surface area contributed by atoms with Gasteiger partial charge in [-0.15, -0.1) is 15.3 Å². The molecule has 0 spiro atoms. The highest BCUT2D eigenvalue weighted by molar-refractivity contribution is 5.92. The van der Waals surface area contributed by atoms with Crippen molar-refractivity contribution in [3.05, 3.63) is 47.8 Å². The summed E-state index contributed by atoms with van der Waals surface area (Å²) in [6, 6.07) is 10.9. The second-order valence-electron chi connectivity index (χ2n) is 9.06. The number of nitrogens with one attached hydrogen (secondary N) is 1. The summed E-state index contributed by atoms with van der Waals surface area (Å²) in [4.78, 5) is 14.6. The highest BCUT2D eigenvalue weighted by Gasteiger charge is 2.38. The van der Waals surface area contributed by atoms with Gasteiger partial charge in [-0.1, -0.05) is 32.9 Å². The van der Waals surface area contributed by atoms with Crippen LogP contribution in [0.25, 0.3) is 5.65 Å². The van der Waals surface area contributed by atoms with Gasteiger partial charge >= 0.3 is 6.18 Å². The molecule has 3 heterocycles. The Morgan fingerprint density at radius 2 is 1.66 bits per heavy atom. The van der Waals surface area contributed by atoms with Crippen molar-refractivity contribution in [2.24, 2.45) is 5.92 Å². The van der Waals surface area contributed by atoms with Gasteiger partial charge in [0.1, 0.15) is 5.82 Å². The number of aromatic nitrogens is 4. The van der Waals surface area contributed by atoms with Crippen molar-refractivity contribution in [2.45, 2.75) is 45.2 Å². The van der Waals surface area contributed by atoms with Crippen LogP contribution in [0.3, 0.4) is 0 Å². The summed E-state index contributed by atoms with van der Waals surface area (Å²) in [5, 5.41) is 13.8. The Bertz CT molecular complexity index is 1110. The molecule has 170 valence electrons. The number of amides is 1. The Hall–Kier alpha value is -3.17. The van der Waals surface area contributed by atoms with E-state index < -0.39 is 12.0 Å². The predicted octanol–water partition coefficient (Wildman–Crippen LogP) is 4.30. The SMILES string of the molecule is CC(C)(C)c1ccc(NC(=O)C2CCN(c3ccc4nnc(C(F)(F)F)n4n3)CC2)cc1. The van der Waals surface area contributed by atoms with E-state index in [1.807, 2.05) is 29.2 Å². The highest BCUT2D eigenvalue weighted by atomic mass is 19.4. The standard InChI is InChI=1S/C22H25F3N6O/c1-21(2,3)15-4-6-16(7-5-15)26-19(32)14-10-12-30(13-11-14)18-9-8-17-27-28-20(22(23,24)25)31(17)29-18/h4-9,14H,10-13H2,1-3H3,(H,26,32). The van der Waals surface area contributed by atoms with Gasteiger partial charge in [0, 0.05) is 24.7 Å². The first-order chi connectivity index (χ1) is 15.0. The summed E-state index contributed by atoms with van der Waals surface area (Å²) in [7, 11) is 0. The number of benzene rings is 1. The zero-order chi connectivity index (χ0) is 23.1. The van der Waals surface area contributed by atoms with E-state index in [0.717, 1.165) is 10.2 Å². The first kappa shape index (κ1) is 22.0. The quantitative estimate of drug-likeness (QED) is 0.650. The lowest BCUT2D eigenvalue weighted by molar-refractivity contribution is -0.146. The van der Waals surface area contributed by atoms with Gasteiger partial charge in [0.15, 0.2) is 5.65 Å². The van der Waals surface area contributed by atoms with Gasteiger partial charge in [-0.3, -0.25) is 4.79 Å². The molecule has 1 N–H and O–H groups in total. The molecule has 10 heteroatoms. The van der Waals surface area contributed by atoms with Crippen LogP contribution in [-0.4, -0.2) is 38.8 Å². The third-order valence-corrected chi connectivity index (χ3v) is 5.71. The molecule has 1 saturated heterocycles. The second kappa shape index (κ2) is 8.07. The molecule has 4 rings (SSSR count). The summed E-state index contributed by atoms with van der Waals surface area (Å²) in [6.07, 6.45) is -3.47. The van der Waals surface area contributed by atoms with Crippen molar-refractivity contribution in [1.82, 2.24) is 19.8 Å². The van der Waals surface area contributed by atoms with Gasteiger partial charge in [0.05, 0.1) is 0 Å². The van der Waals surface area contributed by atoms with Crippen LogP contribution in [0.15, 0.2) is 36.4 Å². The molecule has 1 amide bonds. The van der Waals surface area contributed by atoms with E-state index in [0.29, 0.717) is 31.7 Å². The summed E-state index contributed by atoms with van der Waals surface area (Å²) in [5.74, 6) is -0.965. The molecule has 3 aromatic rings. The van der Waals surface area contributed by atoms with Crippen molar-refractivity contribution in [3.63, 3.8) is 0 Å². The maximum atomic E-state index is 13.1. The lowest BCUT2D eigenvalue weighted by Crippen LogP contribution is -2.38. The maximum Gasteiger partial charge on any atom is 0.453 e. The topological polar surface area (TPSA) is 75.4 Å². The normalized spacial score (nSPS) is 15.9. The molecule has 1 aliphatic heterocycles. The van der Waals surface area contributed by atoms with Crippen molar-refractivity contribution in [3.8, 4) is 0 Å². The molecule has 0 aliphatic carbocycles. The second-order valence-corrected chi connectivity index (χ2v) is 9.06. The van der Waals surface area contributed by atoms with Crippen molar-refractivity contribution >= 4 is 23.1 Å². The van der Waals surface area contributed by atoms with Crippen LogP contribution in [0.5, 0.6) is 0 Å². The Morgan fingerprint density at radius 1 is 1.00 bits per heavy atom. The van der Waals surface area contributed by atoms with Crippen LogP contribution in [0.4, 0.5) is 24.7 Å². The number of rotatable bonds is 3. The first-order valence-corrected chi connectivity index (χ1v) is 10.5. The number of anilines is 2. The number of piperidine rings is 1. The van der Waals surface area contributed by atoms with Crippen LogP contribution < -0.4 is 10.2 Å². The maximum absolute atomic E-state index is 13.1. The summed E-state index contributed by atoms with van der Waals surface area (Å²) >= 11 is 0. The van der Waals surface area contributed by atoms with E-state index in [4.69, 9.17) is 0 Å². The van der Waals surface area contributed by atoms with Crippen molar-refractivity contribution < 1.29 is 18.0 Å². The fourth-order valence-corrected chi connectivity index (χ4v) is 3.79. The molecule has 2 aromatic heterocycles. The lowest BCUT2D eigenvalue weighted by atomic mass is 9.87. The van der Waals surface area contributed by atoms with Gasteiger partial charge in [0.2, 0.25) is 5.91 Å². The molecular formula is C22H25F3N6O. The van der Waals surface area contributed by atoms with Crippen LogP contribution >= 0.6 is 0 Å². The third kappa shape index (κ3) is 4.53. The minimum absolute atomic E-state index is 0.0350. The average molecular weight is 446 g/mol. The van der Waals surface area contributed by atoms with Crippen LogP contribution in [-0.2, 0) is 16.4 Å². The van der Waals surface area contributed by atoms with Gasteiger partial charge in [0.25, 0.3) is 5.82 Å². The summed E-state index contributed by atoms with van der Waals surface area (Å²) in [5.41, 5.74) is 2.02. The largest absolute Gasteiger partial charge is 0.453 e. The number of fused-ring (bicyclic) bond motifs is 1. The number of nitrogens with zero attached hydrogens (tertiary/aromatic N) is 5. The smallest absolute Gasteiger partial charge is 0.355 e. The Kier molecular flexibility index (Phi) is 5.56. The molecule has 1 aliphatic rings. The van der Waals surface area contributed by atoms with E-state index in [1.165, 1.54) is 11.6 Å². The molecule has 1 fully saturated rings. The molecule has 1 aromatic carbocycles. The summed E-state index contributed by atoms with van der Waals surface area (Å²) < 4.78 is 40.0. The number of hydrogen-bond acceptors (Lipinski definition) is 5. The van der Waals surface area contributed by atoms with Gasteiger partial charge < -0.3 is 10.2 Å². The zero-order valence-corrected chi connectivity index (χ0v) is 18.1. The number of carbonyl (C=O) groups is 1. The van der Waals surface area contributed by atoms with Gasteiger partial charge in [-0.05, 0) is 48.1 Å². The Balaban J connectivity index is 1.39. The average Bonchev–Trinajstić information content (AvgIpc) is 3.17. The van der Waals surface area contributed by atoms with E-state index >= 15 is 0 Å².